The zero-order chi connectivity index (χ0) is 24.9. The molecule has 2 N–H and O–H groups in total. The number of H-pyrrole nitrogens is 2. The molecule has 4 rings (SSSR count). The van der Waals surface area contributed by atoms with Crippen LogP contribution in [0.3, 0.4) is 0 Å². The standard InChI is InChI=1S/C23H19F3N4O4/c1-23(2,3)34-14(31)8-6-10-15(11-5-7-13(24)12-9-27-30(4)20(11)12)18(26)19-16(17(10)25)21(32)29-22(33)28-19/h5-9H,1-4H3,(H2,28,29,32,33)/b8-6+. The van der Waals surface area contributed by atoms with Crippen molar-refractivity contribution in [2.75, 3.05) is 0 Å². The van der Waals surface area contributed by atoms with Crippen molar-refractivity contribution in [1.82, 2.24) is 19.7 Å². The Morgan fingerprint density at radius 2 is 1.82 bits per heavy atom. The summed E-state index contributed by atoms with van der Waals surface area (Å²) >= 11 is 0. The van der Waals surface area contributed by atoms with E-state index in [-0.39, 0.29) is 16.5 Å². The summed E-state index contributed by atoms with van der Waals surface area (Å²) in [6.45, 7) is 4.90. The lowest BCUT2D eigenvalue weighted by Crippen LogP contribution is -2.24. The van der Waals surface area contributed by atoms with Crippen LogP contribution in [-0.4, -0.2) is 31.3 Å². The Bertz CT molecular complexity index is 1620. The van der Waals surface area contributed by atoms with E-state index >= 15 is 8.78 Å². The molecule has 4 aromatic rings. The Morgan fingerprint density at radius 3 is 2.50 bits per heavy atom. The van der Waals surface area contributed by atoms with Crippen molar-refractivity contribution in [3.8, 4) is 11.1 Å². The van der Waals surface area contributed by atoms with Crippen LogP contribution in [-0.2, 0) is 16.6 Å². The minimum atomic E-state index is -1.19. The van der Waals surface area contributed by atoms with Crippen molar-refractivity contribution in [2.24, 2.45) is 7.05 Å². The molecule has 176 valence electrons. The number of ether oxygens (including phenoxy) is 1. The summed E-state index contributed by atoms with van der Waals surface area (Å²) < 4.78 is 52.3. The number of esters is 1. The molecule has 0 atom stereocenters. The monoisotopic (exact) mass is 472 g/mol. The zero-order valence-corrected chi connectivity index (χ0v) is 18.5. The van der Waals surface area contributed by atoms with Crippen molar-refractivity contribution in [2.45, 2.75) is 26.4 Å². The molecule has 0 saturated heterocycles. The summed E-state index contributed by atoms with van der Waals surface area (Å²) in [6, 6.07) is 2.28. The fourth-order valence-corrected chi connectivity index (χ4v) is 3.71. The van der Waals surface area contributed by atoms with E-state index in [0.29, 0.717) is 0 Å². The minimum Gasteiger partial charge on any atom is -0.457 e. The van der Waals surface area contributed by atoms with Crippen molar-refractivity contribution >= 4 is 33.9 Å². The molecule has 0 bridgehead atoms. The first kappa shape index (κ1) is 23.0. The van der Waals surface area contributed by atoms with E-state index in [9.17, 15) is 18.8 Å². The second-order valence-electron chi connectivity index (χ2n) is 8.57. The summed E-state index contributed by atoms with van der Waals surface area (Å²) in [5, 5.41) is 3.29. The Hall–Kier alpha value is -4.15. The number of nitrogens with zero attached hydrogens (tertiary/aromatic N) is 2. The number of hydrogen-bond acceptors (Lipinski definition) is 5. The number of benzene rings is 2. The van der Waals surface area contributed by atoms with Gasteiger partial charge in [0.1, 0.15) is 22.6 Å². The molecule has 0 aliphatic carbocycles. The van der Waals surface area contributed by atoms with Gasteiger partial charge in [-0.2, -0.15) is 5.10 Å². The van der Waals surface area contributed by atoms with Crippen LogP contribution in [0.4, 0.5) is 13.2 Å². The van der Waals surface area contributed by atoms with Crippen molar-refractivity contribution in [3.05, 3.63) is 68.3 Å². The number of aryl methyl sites for hydroxylation is 1. The molecule has 2 heterocycles. The maximum Gasteiger partial charge on any atom is 0.331 e. The molecule has 8 nitrogen and oxygen atoms in total. The molecule has 0 fully saturated rings. The first-order valence-corrected chi connectivity index (χ1v) is 10.1. The molecule has 2 aromatic heterocycles. The summed E-state index contributed by atoms with van der Waals surface area (Å²) in [5.74, 6) is -3.80. The smallest absolute Gasteiger partial charge is 0.331 e. The summed E-state index contributed by atoms with van der Waals surface area (Å²) in [5.41, 5.74) is -4.41. The van der Waals surface area contributed by atoms with E-state index in [4.69, 9.17) is 4.74 Å². The molecular weight excluding hydrogens is 453 g/mol. The molecule has 0 aliphatic heterocycles. The van der Waals surface area contributed by atoms with Gasteiger partial charge in [0.15, 0.2) is 5.82 Å². The van der Waals surface area contributed by atoms with Crippen molar-refractivity contribution < 1.29 is 22.7 Å². The lowest BCUT2D eigenvalue weighted by molar-refractivity contribution is -0.148. The fourth-order valence-electron chi connectivity index (χ4n) is 3.71. The van der Waals surface area contributed by atoms with Gasteiger partial charge in [0.25, 0.3) is 5.56 Å². The molecule has 0 aliphatic rings. The highest BCUT2D eigenvalue weighted by molar-refractivity contribution is 6.01. The number of carbonyl (C=O) groups excluding carboxylic acids is 1. The highest BCUT2D eigenvalue weighted by Crippen LogP contribution is 2.38. The Balaban J connectivity index is 2.12. The van der Waals surface area contributed by atoms with Crippen molar-refractivity contribution in [3.63, 3.8) is 0 Å². The van der Waals surface area contributed by atoms with Gasteiger partial charge < -0.3 is 9.72 Å². The number of aromatic nitrogens is 4. The normalized spacial score (nSPS) is 12.2. The SMILES string of the molecule is Cn1ncc2c(F)ccc(-c3c(/C=C/C(=O)OC(C)(C)C)c(F)c4c(=O)[nH]c(=O)[nH]c4c3F)c21. The fraction of sp³-hybridized carbons (Fsp3) is 0.217. The van der Waals surface area contributed by atoms with Gasteiger partial charge in [-0.1, -0.05) is 0 Å². The van der Waals surface area contributed by atoms with Gasteiger partial charge in [0.2, 0.25) is 0 Å². The molecule has 0 spiro atoms. The molecule has 2 aromatic carbocycles. The summed E-state index contributed by atoms with van der Waals surface area (Å²) in [4.78, 5) is 40.3. The summed E-state index contributed by atoms with van der Waals surface area (Å²) in [6.07, 6.45) is 3.09. The molecular formula is C23H19F3N4O4. The number of hydrogen-bond donors (Lipinski definition) is 2. The third-order valence-electron chi connectivity index (χ3n) is 5.02. The van der Waals surface area contributed by atoms with E-state index < -0.39 is 62.3 Å². The predicted molar refractivity (Wildman–Crippen MR) is 120 cm³/mol. The average molecular weight is 472 g/mol. The topological polar surface area (TPSA) is 110 Å². The molecule has 34 heavy (non-hydrogen) atoms. The number of fused-ring (bicyclic) bond motifs is 2. The third-order valence-corrected chi connectivity index (χ3v) is 5.02. The second kappa shape index (κ2) is 8.01. The van der Waals surface area contributed by atoms with E-state index in [1.54, 1.807) is 20.8 Å². The molecule has 0 saturated carbocycles. The Labute approximate surface area is 189 Å². The molecule has 0 radical (unpaired) electrons. The van der Waals surface area contributed by atoms with Crippen LogP contribution >= 0.6 is 0 Å². The van der Waals surface area contributed by atoms with Crippen molar-refractivity contribution in [1.29, 1.82) is 0 Å². The van der Waals surface area contributed by atoms with E-state index in [1.807, 2.05) is 4.98 Å². The van der Waals surface area contributed by atoms with Gasteiger partial charge in [-0.3, -0.25) is 14.5 Å². The lowest BCUT2D eigenvalue weighted by atomic mass is 9.94. The van der Waals surface area contributed by atoms with Crippen LogP contribution in [0.25, 0.3) is 39.0 Å². The van der Waals surface area contributed by atoms with Gasteiger partial charge in [-0.25, -0.2) is 22.8 Å². The first-order chi connectivity index (χ1) is 15.9. The minimum absolute atomic E-state index is 0.0275. The van der Waals surface area contributed by atoms with E-state index in [2.05, 4.69) is 10.1 Å². The van der Waals surface area contributed by atoms with Gasteiger partial charge >= 0.3 is 11.7 Å². The van der Waals surface area contributed by atoms with Gasteiger partial charge in [0.05, 0.1) is 22.6 Å². The highest BCUT2D eigenvalue weighted by Gasteiger charge is 2.26. The van der Waals surface area contributed by atoms with Gasteiger partial charge in [-0.15, -0.1) is 0 Å². The van der Waals surface area contributed by atoms with Crippen LogP contribution in [0.1, 0.15) is 26.3 Å². The summed E-state index contributed by atoms with van der Waals surface area (Å²) in [7, 11) is 1.49. The number of halogens is 3. The lowest BCUT2D eigenvalue weighted by Gasteiger charge is -2.18. The largest absolute Gasteiger partial charge is 0.457 e. The van der Waals surface area contributed by atoms with E-state index in [0.717, 1.165) is 18.2 Å². The van der Waals surface area contributed by atoms with Gasteiger partial charge in [0, 0.05) is 29.8 Å². The number of rotatable bonds is 3. The van der Waals surface area contributed by atoms with Crippen LogP contribution in [0.5, 0.6) is 0 Å². The first-order valence-electron chi connectivity index (χ1n) is 10.1. The maximum absolute atomic E-state index is 15.9. The molecule has 0 unspecified atom stereocenters. The predicted octanol–water partition coefficient (Wildman–Crippen LogP) is 3.54. The zero-order valence-electron chi connectivity index (χ0n) is 18.5. The maximum atomic E-state index is 15.9. The third kappa shape index (κ3) is 3.89. The molecule has 0 amide bonds. The van der Waals surface area contributed by atoms with Crippen LogP contribution in [0, 0.1) is 17.5 Å². The Kier molecular flexibility index (Phi) is 5.42. The number of carbonyl (C=O) groups is 1. The number of aromatic amines is 2. The average Bonchev–Trinajstić information content (AvgIpc) is 3.11. The Morgan fingerprint density at radius 1 is 1.12 bits per heavy atom. The quantitative estimate of drug-likeness (QED) is 0.350. The van der Waals surface area contributed by atoms with Crippen LogP contribution in [0.15, 0.2) is 34.0 Å². The van der Waals surface area contributed by atoms with Crippen LogP contribution < -0.4 is 11.2 Å². The second-order valence-corrected chi connectivity index (χ2v) is 8.57. The van der Waals surface area contributed by atoms with E-state index in [1.165, 1.54) is 24.0 Å². The van der Waals surface area contributed by atoms with Gasteiger partial charge in [-0.05, 0) is 39.0 Å². The number of nitrogens with one attached hydrogen (secondary N) is 2. The van der Waals surface area contributed by atoms with Crippen LogP contribution in [0.2, 0.25) is 0 Å². The molecule has 11 heteroatoms. The highest BCUT2D eigenvalue weighted by atomic mass is 19.1.